The van der Waals surface area contributed by atoms with E-state index in [0.717, 1.165) is 11.1 Å². The van der Waals surface area contributed by atoms with E-state index in [4.69, 9.17) is 9.47 Å². The first-order valence-electron chi connectivity index (χ1n) is 7.79. The molecule has 1 heterocycles. The van der Waals surface area contributed by atoms with Crippen molar-refractivity contribution < 1.29 is 19.1 Å². The van der Waals surface area contributed by atoms with E-state index in [1.54, 1.807) is 0 Å². The predicted octanol–water partition coefficient (Wildman–Crippen LogP) is 3.70. The molecular weight excluding hydrogens is 324 g/mol. The standard InChI is InChI=1S/C19H18O4S/c20-17-11-12-19(23-17,24-14-16-9-5-2-6-10-16)18(21)22-13-15-7-3-1-4-8-15/h1-10H,11-14H2. The molecule has 4 nitrogen and oxygen atoms in total. The summed E-state index contributed by atoms with van der Waals surface area (Å²) in [5.74, 6) is -0.264. The SMILES string of the molecule is O=C1CCC(SCc2ccccc2)(C(=O)OCc2ccccc2)O1. The number of esters is 2. The molecule has 24 heavy (non-hydrogen) atoms. The molecule has 1 aliphatic rings. The lowest BCUT2D eigenvalue weighted by Gasteiger charge is -2.24. The van der Waals surface area contributed by atoms with Gasteiger partial charge in [-0.1, -0.05) is 72.4 Å². The van der Waals surface area contributed by atoms with Crippen LogP contribution in [0, 0.1) is 0 Å². The monoisotopic (exact) mass is 342 g/mol. The molecule has 1 saturated heterocycles. The third kappa shape index (κ3) is 3.97. The number of rotatable bonds is 6. The van der Waals surface area contributed by atoms with Gasteiger partial charge in [-0.3, -0.25) is 4.79 Å². The Labute approximate surface area is 145 Å². The zero-order chi connectivity index (χ0) is 16.8. The highest BCUT2D eigenvalue weighted by Crippen LogP contribution is 2.40. The van der Waals surface area contributed by atoms with Gasteiger partial charge in [0.1, 0.15) is 6.61 Å². The van der Waals surface area contributed by atoms with Gasteiger partial charge in [0, 0.05) is 12.2 Å². The van der Waals surface area contributed by atoms with Crippen molar-refractivity contribution in [3.8, 4) is 0 Å². The lowest BCUT2D eigenvalue weighted by molar-refractivity contribution is -0.165. The van der Waals surface area contributed by atoms with Crippen molar-refractivity contribution >= 4 is 23.7 Å². The zero-order valence-corrected chi connectivity index (χ0v) is 14.0. The minimum absolute atomic E-state index is 0.171. The summed E-state index contributed by atoms with van der Waals surface area (Å²) in [6, 6.07) is 19.2. The Morgan fingerprint density at radius 1 is 1.04 bits per heavy atom. The van der Waals surface area contributed by atoms with Gasteiger partial charge >= 0.3 is 11.9 Å². The molecule has 0 aromatic heterocycles. The van der Waals surface area contributed by atoms with E-state index in [0.29, 0.717) is 12.2 Å². The highest BCUT2D eigenvalue weighted by Gasteiger charge is 2.49. The minimum atomic E-state index is -1.23. The largest absolute Gasteiger partial charge is 0.457 e. The summed E-state index contributed by atoms with van der Waals surface area (Å²) in [7, 11) is 0. The average Bonchev–Trinajstić information content (AvgIpc) is 3.02. The highest BCUT2D eigenvalue weighted by atomic mass is 32.2. The van der Waals surface area contributed by atoms with Crippen LogP contribution in [0.4, 0.5) is 0 Å². The van der Waals surface area contributed by atoms with Gasteiger partial charge in [0.2, 0.25) is 0 Å². The molecule has 124 valence electrons. The molecule has 1 aliphatic heterocycles. The summed E-state index contributed by atoms with van der Waals surface area (Å²) in [6.07, 6.45) is 0.583. The van der Waals surface area contributed by atoms with Crippen LogP contribution in [0.3, 0.4) is 0 Å². The minimum Gasteiger partial charge on any atom is -0.457 e. The Kier molecular flexibility index (Phi) is 5.20. The first kappa shape index (κ1) is 16.6. The molecule has 0 spiro atoms. The fourth-order valence-electron chi connectivity index (χ4n) is 2.46. The van der Waals surface area contributed by atoms with Crippen LogP contribution in [0.5, 0.6) is 0 Å². The van der Waals surface area contributed by atoms with Crippen LogP contribution in [0.2, 0.25) is 0 Å². The second-order valence-electron chi connectivity index (χ2n) is 5.56. The third-order valence-corrected chi connectivity index (χ3v) is 5.17. The number of hydrogen-bond donors (Lipinski definition) is 0. The van der Waals surface area contributed by atoms with Crippen molar-refractivity contribution in [1.29, 1.82) is 0 Å². The van der Waals surface area contributed by atoms with E-state index in [9.17, 15) is 9.59 Å². The number of benzene rings is 2. The summed E-state index contributed by atoms with van der Waals surface area (Å²) in [5.41, 5.74) is 1.97. The van der Waals surface area contributed by atoms with Gasteiger partial charge in [-0.25, -0.2) is 4.79 Å². The molecule has 2 aromatic rings. The Morgan fingerprint density at radius 2 is 1.67 bits per heavy atom. The van der Waals surface area contributed by atoms with Crippen molar-refractivity contribution in [2.45, 2.75) is 30.1 Å². The van der Waals surface area contributed by atoms with Gasteiger partial charge in [-0.15, -0.1) is 0 Å². The fraction of sp³-hybridized carbons (Fsp3) is 0.263. The Hall–Kier alpha value is -2.27. The molecular formula is C19H18O4S. The van der Waals surface area contributed by atoms with E-state index in [-0.39, 0.29) is 19.0 Å². The number of ether oxygens (including phenoxy) is 2. The van der Waals surface area contributed by atoms with Gasteiger partial charge in [-0.05, 0) is 11.1 Å². The lowest BCUT2D eigenvalue weighted by Crippen LogP contribution is -2.36. The second kappa shape index (κ2) is 7.53. The van der Waals surface area contributed by atoms with Crippen molar-refractivity contribution in [2.24, 2.45) is 0 Å². The second-order valence-corrected chi connectivity index (χ2v) is 6.80. The smallest absolute Gasteiger partial charge is 0.361 e. The Bertz CT molecular complexity index is 702. The summed E-state index contributed by atoms with van der Waals surface area (Å²) in [5, 5.41) is 0. The van der Waals surface area contributed by atoms with Crippen LogP contribution in [-0.2, 0) is 31.4 Å². The number of cyclic esters (lactones) is 1. The molecule has 2 aromatic carbocycles. The van der Waals surface area contributed by atoms with E-state index < -0.39 is 10.9 Å². The number of carbonyl (C=O) groups excluding carboxylic acids is 2. The molecule has 1 unspecified atom stereocenters. The highest BCUT2D eigenvalue weighted by molar-refractivity contribution is 8.00. The normalized spacial score (nSPS) is 19.8. The molecule has 0 saturated carbocycles. The molecule has 0 radical (unpaired) electrons. The first-order valence-corrected chi connectivity index (χ1v) is 8.77. The van der Waals surface area contributed by atoms with Crippen LogP contribution in [0.25, 0.3) is 0 Å². The van der Waals surface area contributed by atoms with Crippen molar-refractivity contribution in [2.75, 3.05) is 0 Å². The van der Waals surface area contributed by atoms with Crippen molar-refractivity contribution in [1.82, 2.24) is 0 Å². The number of thioether (sulfide) groups is 1. The molecule has 1 fully saturated rings. The quantitative estimate of drug-likeness (QED) is 0.749. The van der Waals surface area contributed by atoms with Gasteiger partial charge < -0.3 is 9.47 Å². The van der Waals surface area contributed by atoms with Gasteiger partial charge in [0.05, 0.1) is 6.42 Å². The third-order valence-electron chi connectivity index (χ3n) is 3.78. The maximum Gasteiger partial charge on any atom is 0.361 e. The van der Waals surface area contributed by atoms with E-state index >= 15 is 0 Å². The number of hydrogen-bond acceptors (Lipinski definition) is 5. The lowest BCUT2D eigenvalue weighted by atomic mass is 10.2. The summed E-state index contributed by atoms with van der Waals surface area (Å²) < 4.78 is 10.8. The van der Waals surface area contributed by atoms with Crippen LogP contribution in [0.15, 0.2) is 60.7 Å². The molecule has 5 heteroatoms. The van der Waals surface area contributed by atoms with E-state index in [2.05, 4.69) is 0 Å². The molecule has 0 aliphatic carbocycles. The maximum atomic E-state index is 12.6. The van der Waals surface area contributed by atoms with Crippen LogP contribution >= 0.6 is 11.8 Å². The topological polar surface area (TPSA) is 52.6 Å². The predicted molar refractivity (Wildman–Crippen MR) is 92.0 cm³/mol. The first-order chi connectivity index (χ1) is 11.7. The summed E-state index contributed by atoms with van der Waals surface area (Å²) >= 11 is 1.31. The molecule has 0 N–H and O–H groups in total. The zero-order valence-electron chi connectivity index (χ0n) is 13.1. The molecule has 0 amide bonds. The van der Waals surface area contributed by atoms with Crippen LogP contribution < -0.4 is 0 Å². The van der Waals surface area contributed by atoms with Gasteiger partial charge in [0.25, 0.3) is 4.93 Å². The van der Waals surface area contributed by atoms with Crippen LogP contribution in [-0.4, -0.2) is 16.9 Å². The molecule has 1 atom stereocenters. The maximum absolute atomic E-state index is 12.6. The fourth-order valence-corrected chi connectivity index (χ4v) is 3.63. The average molecular weight is 342 g/mol. The van der Waals surface area contributed by atoms with E-state index in [1.807, 2.05) is 60.7 Å². The summed E-state index contributed by atoms with van der Waals surface area (Å²) in [4.78, 5) is 23.0. The van der Waals surface area contributed by atoms with Crippen molar-refractivity contribution in [3.63, 3.8) is 0 Å². The van der Waals surface area contributed by atoms with Gasteiger partial charge in [-0.2, -0.15) is 0 Å². The van der Waals surface area contributed by atoms with Gasteiger partial charge in [0.15, 0.2) is 0 Å². The number of carbonyl (C=O) groups is 2. The van der Waals surface area contributed by atoms with E-state index in [1.165, 1.54) is 11.8 Å². The Balaban J connectivity index is 1.66. The van der Waals surface area contributed by atoms with Crippen LogP contribution in [0.1, 0.15) is 24.0 Å². The molecule has 0 bridgehead atoms. The van der Waals surface area contributed by atoms with Crippen molar-refractivity contribution in [3.05, 3.63) is 71.8 Å². The Morgan fingerprint density at radius 3 is 2.25 bits per heavy atom. The molecule has 3 rings (SSSR count). The summed E-state index contributed by atoms with van der Waals surface area (Å²) in [6.45, 7) is 0.171.